The second kappa shape index (κ2) is 7.92. The third-order valence-electron chi connectivity index (χ3n) is 3.02. The Bertz CT molecular complexity index is 660. The zero-order valence-electron chi connectivity index (χ0n) is 12.4. The molecule has 22 heavy (non-hydrogen) atoms. The second-order valence-electron chi connectivity index (χ2n) is 5.02. The molecule has 0 aliphatic carbocycles. The minimum atomic E-state index is -0.0922. The van der Waals surface area contributed by atoms with Crippen molar-refractivity contribution >= 4 is 46.1 Å². The van der Waals surface area contributed by atoms with Crippen LogP contribution in [-0.4, -0.2) is 29.4 Å². The molecule has 1 N–H and O–H groups in total. The van der Waals surface area contributed by atoms with Crippen LogP contribution < -0.4 is 5.32 Å². The molecule has 0 spiro atoms. The van der Waals surface area contributed by atoms with Crippen molar-refractivity contribution in [2.24, 2.45) is 0 Å². The van der Waals surface area contributed by atoms with E-state index < -0.39 is 0 Å². The van der Waals surface area contributed by atoms with Gasteiger partial charge in [-0.05, 0) is 32.2 Å². The number of halogens is 2. The predicted molar refractivity (Wildman–Crippen MR) is 92.9 cm³/mol. The zero-order chi connectivity index (χ0) is 16.1. The monoisotopic (exact) mass is 357 g/mol. The number of carbonyl (C=O) groups excluding carboxylic acids is 1. The van der Waals surface area contributed by atoms with Gasteiger partial charge in [0.2, 0.25) is 5.91 Å². The number of hydrogen-bond acceptors (Lipinski definition) is 4. The van der Waals surface area contributed by atoms with Crippen LogP contribution in [0.15, 0.2) is 23.6 Å². The molecule has 0 saturated heterocycles. The molecule has 0 radical (unpaired) electrons. The van der Waals surface area contributed by atoms with Gasteiger partial charge < -0.3 is 10.2 Å². The molecule has 7 heteroatoms. The van der Waals surface area contributed by atoms with Crippen molar-refractivity contribution in [3.8, 4) is 0 Å². The van der Waals surface area contributed by atoms with E-state index in [0.29, 0.717) is 28.7 Å². The molecule has 0 unspecified atom stereocenters. The molecule has 0 bridgehead atoms. The van der Waals surface area contributed by atoms with E-state index in [4.69, 9.17) is 23.2 Å². The van der Waals surface area contributed by atoms with Crippen molar-refractivity contribution in [1.29, 1.82) is 0 Å². The maximum atomic E-state index is 12.0. The second-order valence-corrected chi connectivity index (χ2v) is 6.92. The number of nitrogens with zero attached hydrogens (tertiary/aromatic N) is 2. The first-order chi connectivity index (χ1) is 10.4. The number of carbonyl (C=O) groups is 1. The SMILES string of the molecule is Cc1nc(CN(C)CCC(=O)Nc2cc(Cl)ccc2Cl)cs1. The highest BCUT2D eigenvalue weighted by molar-refractivity contribution is 7.09. The van der Waals surface area contributed by atoms with E-state index in [-0.39, 0.29) is 5.91 Å². The third kappa shape index (κ3) is 5.25. The summed E-state index contributed by atoms with van der Waals surface area (Å²) in [5.41, 5.74) is 1.57. The summed E-state index contributed by atoms with van der Waals surface area (Å²) in [6.07, 6.45) is 0.377. The Labute approximate surface area is 144 Å². The van der Waals surface area contributed by atoms with Crippen molar-refractivity contribution in [3.05, 3.63) is 44.3 Å². The molecular weight excluding hydrogens is 341 g/mol. The number of anilines is 1. The van der Waals surface area contributed by atoms with E-state index in [1.54, 1.807) is 29.5 Å². The first-order valence-corrected chi connectivity index (χ1v) is 8.42. The molecule has 1 aromatic heterocycles. The molecular formula is C15H17Cl2N3OS. The Morgan fingerprint density at radius 3 is 2.86 bits per heavy atom. The van der Waals surface area contributed by atoms with Crippen molar-refractivity contribution in [1.82, 2.24) is 9.88 Å². The van der Waals surface area contributed by atoms with Gasteiger partial charge in [0.1, 0.15) is 0 Å². The molecule has 1 aromatic carbocycles. The summed E-state index contributed by atoms with van der Waals surface area (Å²) in [4.78, 5) is 18.5. The van der Waals surface area contributed by atoms with Gasteiger partial charge >= 0.3 is 0 Å². The lowest BCUT2D eigenvalue weighted by atomic mass is 10.3. The highest BCUT2D eigenvalue weighted by Crippen LogP contribution is 2.25. The van der Waals surface area contributed by atoms with Gasteiger partial charge in [-0.25, -0.2) is 4.98 Å². The Kier molecular flexibility index (Phi) is 6.20. The maximum Gasteiger partial charge on any atom is 0.225 e. The third-order valence-corrected chi connectivity index (χ3v) is 4.41. The molecule has 1 heterocycles. The Morgan fingerprint density at radius 1 is 1.41 bits per heavy atom. The fraction of sp³-hybridized carbons (Fsp3) is 0.333. The van der Waals surface area contributed by atoms with E-state index in [0.717, 1.165) is 17.2 Å². The summed E-state index contributed by atoms with van der Waals surface area (Å²) in [7, 11) is 1.97. The quantitative estimate of drug-likeness (QED) is 0.841. The molecule has 0 fully saturated rings. The van der Waals surface area contributed by atoms with Gasteiger partial charge in [0, 0.05) is 29.9 Å². The molecule has 0 aliphatic rings. The van der Waals surface area contributed by atoms with Crippen molar-refractivity contribution in [3.63, 3.8) is 0 Å². The Hall–Kier alpha value is -1.14. The number of benzene rings is 1. The maximum absolute atomic E-state index is 12.0. The molecule has 4 nitrogen and oxygen atoms in total. The topological polar surface area (TPSA) is 45.2 Å². The van der Waals surface area contributed by atoms with E-state index in [1.165, 1.54) is 0 Å². The number of amides is 1. The van der Waals surface area contributed by atoms with Gasteiger partial charge in [0.15, 0.2) is 0 Å². The van der Waals surface area contributed by atoms with Gasteiger partial charge in [-0.2, -0.15) is 0 Å². The number of aromatic nitrogens is 1. The standard InChI is InChI=1S/C15H17Cl2N3OS/c1-10-18-12(9-22-10)8-20(2)6-5-15(21)19-14-7-11(16)3-4-13(14)17/h3-4,7,9H,5-6,8H2,1-2H3,(H,19,21). The van der Waals surface area contributed by atoms with Gasteiger partial charge in [0.25, 0.3) is 0 Å². The predicted octanol–water partition coefficient (Wildman–Crippen LogP) is 4.22. The Balaban J connectivity index is 1.81. The van der Waals surface area contributed by atoms with Crippen LogP contribution in [0.25, 0.3) is 0 Å². The number of rotatable bonds is 6. The average Bonchev–Trinajstić information content (AvgIpc) is 2.86. The largest absolute Gasteiger partial charge is 0.325 e. The molecule has 2 aromatic rings. The summed E-state index contributed by atoms with van der Waals surface area (Å²) in [6.45, 7) is 3.35. The van der Waals surface area contributed by atoms with E-state index in [1.807, 2.05) is 19.4 Å². The van der Waals surface area contributed by atoms with Crippen molar-refractivity contribution in [2.75, 3.05) is 18.9 Å². The lowest BCUT2D eigenvalue weighted by Crippen LogP contribution is -2.24. The molecule has 0 atom stereocenters. The van der Waals surface area contributed by atoms with E-state index in [2.05, 4.69) is 15.2 Å². The highest BCUT2D eigenvalue weighted by Gasteiger charge is 2.09. The lowest BCUT2D eigenvalue weighted by molar-refractivity contribution is -0.116. The summed E-state index contributed by atoms with van der Waals surface area (Å²) < 4.78 is 0. The van der Waals surface area contributed by atoms with E-state index >= 15 is 0 Å². The van der Waals surface area contributed by atoms with Gasteiger partial charge in [-0.1, -0.05) is 23.2 Å². The van der Waals surface area contributed by atoms with Crippen LogP contribution in [0.4, 0.5) is 5.69 Å². The molecule has 0 saturated carbocycles. The number of nitrogens with one attached hydrogen (secondary N) is 1. The molecule has 2 rings (SSSR count). The Morgan fingerprint density at radius 2 is 2.18 bits per heavy atom. The summed E-state index contributed by atoms with van der Waals surface area (Å²) in [5, 5.41) is 6.88. The fourth-order valence-electron chi connectivity index (χ4n) is 1.93. The molecule has 118 valence electrons. The van der Waals surface area contributed by atoms with Crippen molar-refractivity contribution < 1.29 is 4.79 Å². The number of thiazole rings is 1. The van der Waals surface area contributed by atoms with E-state index in [9.17, 15) is 4.79 Å². The number of aryl methyl sites for hydroxylation is 1. The summed E-state index contributed by atoms with van der Waals surface area (Å²) in [5.74, 6) is -0.0922. The summed E-state index contributed by atoms with van der Waals surface area (Å²) >= 11 is 13.5. The van der Waals surface area contributed by atoms with Crippen LogP contribution in [0.3, 0.4) is 0 Å². The zero-order valence-corrected chi connectivity index (χ0v) is 14.7. The molecule has 1 amide bonds. The van der Waals surface area contributed by atoms with Gasteiger partial charge in [-0.3, -0.25) is 4.79 Å². The molecule has 0 aliphatic heterocycles. The van der Waals surface area contributed by atoms with Gasteiger partial charge in [-0.15, -0.1) is 11.3 Å². The lowest BCUT2D eigenvalue weighted by Gasteiger charge is -2.15. The normalized spacial score (nSPS) is 11.0. The van der Waals surface area contributed by atoms with Crippen LogP contribution in [-0.2, 0) is 11.3 Å². The van der Waals surface area contributed by atoms with Crippen LogP contribution in [0.1, 0.15) is 17.1 Å². The minimum absolute atomic E-state index is 0.0922. The smallest absolute Gasteiger partial charge is 0.225 e. The first-order valence-electron chi connectivity index (χ1n) is 6.78. The average molecular weight is 358 g/mol. The highest BCUT2D eigenvalue weighted by atomic mass is 35.5. The number of hydrogen-bond donors (Lipinski definition) is 1. The van der Waals surface area contributed by atoms with Crippen LogP contribution in [0.5, 0.6) is 0 Å². The minimum Gasteiger partial charge on any atom is -0.325 e. The van der Waals surface area contributed by atoms with Gasteiger partial charge in [0.05, 0.1) is 21.4 Å². The van der Waals surface area contributed by atoms with Crippen LogP contribution in [0.2, 0.25) is 10.0 Å². The fourth-order valence-corrected chi connectivity index (χ4v) is 2.88. The van der Waals surface area contributed by atoms with Crippen LogP contribution in [0, 0.1) is 6.92 Å². The first kappa shape index (κ1) is 17.2. The summed E-state index contributed by atoms with van der Waals surface area (Å²) in [6, 6.07) is 4.99. The van der Waals surface area contributed by atoms with Crippen molar-refractivity contribution in [2.45, 2.75) is 19.9 Å². The van der Waals surface area contributed by atoms with Crippen LogP contribution >= 0.6 is 34.5 Å².